The van der Waals surface area contributed by atoms with E-state index in [1.165, 1.54) is 5.56 Å². The molecule has 3 nitrogen and oxygen atoms in total. The minimum Gasteiger partial charge on any atom is -0.313 e. The molecule has 1 fully saturated rings. The van der Waals surface area contributed by atoms with Gasteiger partial charge in [0.25, 0.3) is 0 Å². The van der Waals surface area contributed by atoms with Crippen LogP contribution in [-0.2, 0) is 6.54 Å². The first kappa shape index (κ1) is 17.2. The molecule has 3 aliphatic rings. The second-order valence-corrected chi connectivity index (χ2v) is 8.07. The quantitative estimate of drug-likeness (QED) is 0.643. The van der Waals surface area contributed by atoms with Crippen molar-refractivity contribution in [2.45, 2.75) is 38.3 Å². The number of nitrogens with zero attached hydrogens (tertiary/aromatic N) is 2. The van der Waals surface area contributed by atoms with Gasteiger partial charge in [-0.2, -0.15) is 0 Å². The van der Waals surface area contributed by atoms with E-state index in [1.54, 1.807) is 12.2 Å². The molecule has 1 saturated carbocycles. The minimum absolute atomic E-state index is 0.0171. The third kappa shape index (κ3) is 2.67. The van der Waals surface area contributed by atoms with Crippen molar-refractivity contribution in [1.82, 2.24) is 4.90 Å². The molecule has 4 heteroatoms. The van der Waals surface area contributed by atoms with Crippen LogP contribution in [0.25, 0.3) is 0 Å². The maximum Gasteiger partial charge on any atom is 0.329 e. The van der Waals surface area contributed by atoms with Crippen LogP contribution in [0.5, 0.6) is 0 Å². The lowest BCUT2D eigenvalue weighted by atomic mass is 9.88. The fourth-order valence-electron chi connectivity index (χ4n) is 4.66. The average Bonchev–Trinajstić information content (AvgIpc) is 3.51. The van der Waals surface area contributed by atoms with E-state index in [2.05, 4.69) is 19.1 Å². The van der Waals surface area contributed by atoms with Crippen molar-refractivity contribution in [2.75, 3.05) is 4.90 Å². The Bertz CT molecular complexity index is 991. The van der Waals surface area contributed by atoms with Crippen LogP contribution in [-0.4, -0.2) is 16.5 Å². The number of para-hydroxylation sites is 1. The van der Waals surface area contributed by atoms with Gasteiger partial charge in [0.05, 0.1) is 23.5 Å². The topological polar surface area (TPSA) is 23.6 Å². The number of aryl methyl sites for hydroxylation is 1. The normalized spacial score (nSPS) is 22.7. The van der Waals surface area contributed by atoms with E-state index < -0.39 is 0 Å². The van der Waals surface area contributed by atoms with Gasteiger partial charge in [0.15, 0.2) is 0 Å². The molecule has 28 heavy (non-hydrogen) atoms. The molecule has 1 unspecified atom stereocenters. The highest BCUT2D eigenvalue weighted by molar-refractivity contribution is 6.02. The summed E-state index contributed by atoms with van der Waals surface area (Å²) in [4.78, 5) is 17.6. The molecule has 0 radical (unpaired) electrons. The van der Waals surface area contributed by atoms with Gasteiger partial charge in [0.1, 0.15) is 5.83 Å². The monoisotopic (exact) mass is 374 g/mol. The van der Waals surface area contributed by atoms with Crippen molar-refractivity contribution in [2.24, 2.45) is 5.92 Å². The molecular formula is C24H23FN2O. The first-order valence-corrected chi connectivity index (χ1v) is 9.89. The maximum absolute atomic E-state index is 13.7. The van der Waals surface area contributed by atoms with E-state index in [0.29, 0.717) is 13.0 Å². The molecule has 5 rings (SSSR count). The van der Waals surface area contributed by atoms with Crippen molar-refractivity contribution in [3.63, 3.8) is 0 Å². The lowest BCUT2D eigenvalue weighted by molar-refractivity contribution is 0.144. The predicted octanol–water partition coefficient (Wildman–Crippen LogP) is 6.03. The number of hydrogen-bond donors (Lipinski definition) is 0. The lowest BCUT2D eigenvalue weighted by Gasteiger charge is -2.44. The minimum atomic E-state index is -0.209. The molecule has 1 aliphatic heterocycles. The van der Waals surface area contributed by atoms with Gasteiger partial charge in [0.2, 0.25) is 0 Å². The van der Waals surface area contributed by atoms with E-state index in [1.807, 2.05) is 52.3 Å². The molecule has 2 amide bonds. The Labute approximate surface area is 164 Å². The molecule has 0 saturated heterocycles. The summed E-state index contributed by atoms with van der Waals surface area (Å²) < 4.78 is 13.5. The number of allylic oxidation sites excluding steroid dienone is 3. The Hall–Kier alpha value is -2.88. The molecule has 2 aromatic carbocycles. The van der Waals surface area contributed by atoms with E-state index in [0.717, 1.165) is 29.8 Å². The molecular weight excluding hydrogens is 351 g/mol. The van der Waals surface area contributed by atoms with Crippen LogP contribution in [0.4, 0.5) is 20.6 Å². The summed E-state index contributed by atoms with van der Waals surface area (Å²) in [6, 6.07) is 16.1. The van der Waals surface area contributed by atoms with Crippen molar-refractivity contribution in [1.29, 1.82) is 0 Å². The van der Waals surface area contributed by atoms with Gasteiger partial charge in [-0.05, 0) is 62.1 Å². The van der Waals surface area contributed by atoms with Gasteiger partial charge in [0, 0.05) is 5.92 Å². The van der Waals surface area contributed by atoms with E-state index in [9.17, 15) is 9.18 Å². The summed E-state index contributed by atoms with van der Waals surface area (Å²) in [7, 11) is 0. The number of amides is 2. The molecule has 2 aliphatic carbocycles. The number of halogens is 1. The second-order valence-electron chi connectivity index (χ2n) is 8.07. The number of anilines is 2. The molecule has 142 valence electrons. The predicted molar refractivity (Wildman–Crippen MR) is 109 cm³/mol. The van der Waals surface area contributed by atoms with Crippen LogP contribution in [0.3, 0.4) is 0 Å². The third-order valence-corrected chi connectivity index (χ3v) is 6.29. The number of rotatable bonds is 3. The Morgan fingerprint density at radius 3 is 2.57 bits per heavy atom. The highest BCUT2D eigenvalue weighted by Crippen LogP contribution is 2.53. The number of carbonyl (C=O) groups excluding carboxylic acids is 1. The summed E-state index contributed by atoms with van der Waals surface area (Å²) in [6.45, 7) is 2.69. The highest BCUT2D eigenvalue weighted by Gasteiger charge is 2.56. The smallest absolute Gasteiger partial charge is 0.313 e. The van der Waals surface area contributed by atoms with Gasteiger partial charge in [-0.1, -0.05) is 42.0 Å². The van der Waals surface area contributed by atoms with Crippen LogP contribution >= 0.6 is 0 Å². The van der Waals surface area contributed by atoms with E-state index in [4.69, 9.17) is 0 Å². The largest absolute Gasteiger partial charge is 0.329 e. The molecule has 0 bridgehead atoms. The van der Waals surface area contributed by atoms with Crippen molar-refractivity contribution >= 4 is 17.4 Å². The fourth-order valence-corrected chi connectivity index (χ4v) is 4.66. The molecule has 0 aromatic heterocycles. The summed E-state index contributed by atoms with van der Waals surface area (Å²) in [6.07, 6.45) is 7.73. The third-order valence-electron chi connectivity index (χ3n) is 6.29. The SMILES string of the molecule is Cc1ccc2c(c1)CN(C1(C3C=CC(F)=CC3)CC1)C(=O)N2c1ccccc1. The molecule has 2 aromatic rings. The number of carbonyl (C=O) groups is 1. The number of fused-ring (bicyclic) bond motifs is 1. The Balaban J connectivity index is 1.58. The summed E-state index contributed by atoms with van der Waals surface area (Å²) in [5.41, 5.74) is 3.98. The number of benzene rings is 2. The number of urea groups is 1. The van der Waals surface area contributed by atoms with Crippen LogP contribution in [0, 0.1) is 12.8 Å². The summed E-state index contributed by atoms with van der Waals surface area (Å²) in [5.74, 6) is -0.0103. The summed E-state index contributed by atoms with van der Waals surface area (Å²) >= 11 is 0. The van der Waals surface area contributed by atoms with Crippen molar-refractivity contribution in [3.8, 4) is 0 Å². The Morgan fingerprint density at radius 1 is 1.11 bits per heavy atom. The van der Waals surface area contributed by atoms with Crippen molar-refractivity contribution < 1.29 is 9.18 Å². The molecule has 0 N–H and O–H groups in total. The second kappa shape index (κ2) is 6.33. The van der Waals surface area contributed by atoms with Gasteiger partial charge in [-0.3, -0.25) is 4.90 Å². The van der Waals surface area contributed by atoms with Gasteiger partial charge in [-0.15, -0.1) is 0 Å². The van der Waals surface area contributed by atoms with E-state index in [-0.39, 0.29) is 23.3 Å². The molecule has 1 atom stereocenters. The first-order valence-electron chi connectivity index (χ1n) is 9.89. The molecule has 0 spiro atoms. The summed E-state index contributed by atoms with van der Waals surface area (Å²) in [5, 5.41) is 0. The highest BCUT2D eigenvalue weighted by atomic mass is 19.1. The van der Waals surface area contributed by atoms with Gasteiger partial charge >= 0.3 is 6.03 Å². The van der Waals surface area contributed by atoms with Crippen LogP contribution in [0.1, 0.15) is 30.4 Å². The van der Waals surface area contributed by atoms with Gasteiger partial charge < -0.3 is 4.90 Å². The zero-order valence-electron chi connectivity index (χ0n) is 15.9. The number of hydrogen-bond acceptors (Lipinski definition) is 1. The van der Waals surface area contributed by atoms with Gasteiger partial charge in [-0.25, -0.2) is 9.18 Å². The first-order chi connectivity index (χ1) is 13.6. The average molecular weight is 374 g/mol. The Morgan fingerprint density at radius 2 is 1.89 bits per heavy atom. The van der Waals surface area contributed by atoms with Crippen LogP contribution in [0.15, 0.2) is 72.6 Å². The Kier molecular flexibility index (Phi) is 3.90. The van der Waals surface area contributed by atoms with E-state index >= 15 is 0 Å². The maximum atomic E-state index is 13.7. The standard InChI is InChI=1S/C24H23FN2O/c1-17-7-12-22-18(15-17)16-26(23(28)27(22)21-5-3-2-4-6-21)24(13-14-24)19-8-10-20(25)11-9-19/h2-8,10-12,15,19H,9,13-14,16H2,1H3. The van der Waals surface area contributed by atoms with Crippen LogP contribution in [0.2, 0.25) is 0 Å². The lowest BCUT2D eigenvalue weighted by Crippen LogP contribution is -2.53. The van der Waals surface area contributed by atoms with Crippen molar-refractivity contribution in [3.05, 3.63) is 83.7 Å². The molecule has 1 heterocycles. The zero-order valence-corrected chi connectivity index (χ0v) is 15.9. The van der Waals surface area contributed by atoms with Crippen LogP contribution < -0.4 is 4.90 Å². The zero-order chi connectivity index (χ0) is 19.3. The fraction of sp³-hybridized carbons (Fsp3) is 0.292.